The first kappa shape index (κ1) is 13.7. The highest BCUT2D eigenvalue weighted by Crippen LogP contribution is 2.18. The molecule has 3 nitrogen and oxygen atoms in total. The fourth-order valence-corrected chi connectivity index (χ4v) is 2.04. The molecular formula is C14H21NO2. The maximum absolute atomic E-state index is 11.1. The van der Waals surface area contributed by atoms with Crippen molar-refractivity contribution in [3.63, 3.8) is 0 Å². The Bertz CT molecular complexity index is 350. The third-order valence-electron chi connectivity index (χ3n) is 3.05. The Labute approximate surface area is 103 Å². The van der Waals surface area contributed by atoms with Crippen molar-refractivity contribution in [1.82, 2.24) is 0 Å². The molecule has 1 aromatic carbocycles. The summed E-state index contributed by atoms with van der Waals surface area (Å²) in [5.41, 5.74) is 6.10. The van der Waals surface area contributed by atoms with Crippen LogP contribution in [0.4, 0.5) is 0 Å². The van der Waals surface area contributed by atoms with Crippen LogP contribution in [0.2, 0.25) is 0 Å². The van der Waals surface area contributed by atoms with Crippen molar-refractivity contribution in [2.24, 2.45) is 5.73 Å². The zero-order valence-corrected chi connectivity index (χ0v) is 10.4. The van der Waals surface area contributed by atoms with Crippen molar-refractivity contribution >= 4 is 5.97 Å². The highest BCUT2D eigenvalue weighted by atomic mass is 16.4. The minimum Gasteiger partial charge on any atom is -0.480 e. The number of aliphatic carboxylic acids is 1. The lowest BCUT2D eigenvalue weighted by Crippen LogP contribution is -2.47. The van der Waals surface area contributed by atoms with Crippen LogP contribution in [0.1, 0.15) is 38.2 Å². The van der Waals surface area contributed by atoms with Crippen molar-refractivity contribution in [2.75, 3.05) is 0 Å². The Morgan fingerprint density at radius 3 is 2.47 bits per heavy atom. The van der Waals surface area contributed by atoms with Gasteiger partial charge in [0.05, 0.1) is 0 Å². The van der Waals surface area contributed by atoms with Crippen LogP contribution < -0.4 is 5.73 Å². The average Bonchev–Trinajstić information content (AvgIpc) is 2.30. The molecule has 0 bridgehead atoms. The summed E-state index contributed by atoms with van der Waals surface area (Å²) in [5.74, 6) is -0.882. The van der Waals surface area contributed by atoms with E-state index in [-0.39, 0.29) is 0 Å². The van der Waals surface area contributed by atoms with E-state index < -0.39 is 11.5 Å². The summed E-state index contributed by atoms with van der Waals surface area (Å²) < 4.78 is 0. The summed E-state index contributed by atoms with van der Waals surface area (Å²) >= 11 is 0. The van der Waals surface area contributed by atoms with Gasteiger partial charge in [-0.15, -0.1) is 0 Å². The SMILES string of the molecule is CCCC(N)(CCCc1ccccc1)C(=O)O. The van der Waals surface area contributed by atoms with Crippen LogP contribution in [-0.4, -0.2) is 16.6 Å². The fraction of sp³-hybridized carbons (Fsp3) is 0.500. The summed E-state index contributed by atoms with van der Waals surface area (Å²) in [7, 11) is 0. The Hall–Kier alpha value is -1.35. The topological polar surface area (TPSA) is 63.3 Å². The van der Waals surface area contributed by atoms with E-state index >= 15 is 0 Å². The third-order valence-corrected chi connectivity index (χ3v) is 3.05. The van der Waals surface area contributed by atoms with Crippen molar-refractivity contribution in [1.29, 1.82) is 0 Å². The number of nitrogens with two attached hydrogens (primary N) is 1. The first-order valence-electron chi connectivity index (χ1n) is 6.14. The van der Waals surface area contributed by atoms with Gasteiger partial charge in [-0.1, -0.05) is 43.7 Å². The van der Waals surface area contributed by atoms with Gasteiger partial charge < -0.3 is 10.8 Å². The maximum atomic E-state index is 11.1. The van der Waals surface area contributed by atoms with Gasteiger partial charge in [-0.05, 0) is 31.2 Å². The molecule has 0 amide bonds. The Morgan fingerprint density at radius 2 is 1.94 bits per heavy atom. The lowest BCUT2D eigenvalue weighted by molar-refractivity contribution is -0.144. The number of carboxylic acid groups (broad SMARTS) is 1. The average molecular weight is 235 g/mol. The Kier molecular flexibility index (Phi) is 5.16. The van der Waals surface area contributed by atoms with Gasteiger partial charge in [0.1, 0.15) is 5.54 Å². The second-order valence-corrected chi connectivity index (χ2v) is 4.55. The number of aryl methyl sites for hydroxylation is 1. The molecule has 94 valence electrons. The number of rotatable bonds is 7. The molecular weight excluding hydrogens is 214 g/mol. The highest BCUT2D eigenvalue weighted by Gasteiger charge is 2.31. The molecule has 0 saturated carbocycles. The Balaban J connectivity index is 2.45. The molecule has 0 heterocycles. The summed E-state index contributed by atoms with van der Waals surface area (Å²) in [6.45, 7) is 1.96. The number of hydrogen-bond donors (Lipinski definition) is 2. The molecule has 0 aromatic heterocycles. The van der Waals surface area contributed by atoms with E-state index in [4.69, 9.17) is 10.8 Å². The maximum Gasteiger partial charge on any atom is 0.323 e. The predicted octanol–water partition coefficient (Wildman–Crippen LogP) is 2.59. The molecule has 1 unspecified atom stereocenters. The van der Waals surface area contributed by atoms with E-state index in [0.29, 0.717) is 12.8 Å². The summed E-state index contributed by atoms with van der Waals surface area (Å²) in [6, 6.07) is 10.1. The third kappa shape index (κ3) is 4.19. The monoisotopic (exact) mass is 235 g/mol. The van der Waals surface area contributed by atoms with Crippen molar-refractivity contribution < 1.29 is 9.90 Å². The summed E-state index contributed by atoms with van der Waals surface area (Å²) in [4.78, 5) is 11.1. The van der Waals surface area contributed by atoms with E-state index in [0.717, 1.165) is 19.3 Å². The Morgan fingerprint density at radius 1 is 1.29 bits per heavy atom. The van der Waals surface area contributed by atoms with Crippen LogP contribution in [0.5, 0.6) is 0 Å². The molecule has 1 atom stereocenters. The van der Waals surface area contributed by atoms with Crippen LogP contribution in [0.25, 0.3) is 0 Å². The number of benzene rings is 1. The molecule has 0 aliphatic carbocycles. The molecule has 1 aromatic rings. The van der Waals surface area contributed by atoms with Crippen molar-refractivity contribution in [2.45, 2.75) is 44.6 Å². The molecule has 0 spiro atoms. The van der Waals surface area contributed by atoms with Gasteiger partial charge in [0.2, 0.25) is 0 Å². The lowest BCUT2D eigenvalue weighted by Gasteiger charge is -2.24. The molecule has 17 heavy (non-hydrogen) atoms. The molecule has 0 radical (unpaired) electrons. The zero-order valence-electron chi connectivity index (χ0n) is 10.4. The number of hydrogen-bond acceptors (Lipinski definition) is 2. The molecule has 1 rings (SSSR count). The van der Waals surface area contributed by atoms with Gasteiger partial charge in [0, 0.05) is 0 Å². The van der Waals surface area contributed by atoms with Gasteiger partial charge >= 0.3 is 5.97 Å². The van der Waals surface area contributed by atoms with Crippen molar-refractivity contribution in [3.05, 3.63) is 35.9 Å². The second kappa shape index (κ2) is 6.40. The number of carboxylic acids is 1. The first-order valence-corrected chi connectivity index (χ1v) is 6.14. The molecule has 0 aliphatic heterocycles. The smallest absolute Gasteiger partial charge is 0.323 e. The second-order valence-electron chi connectivity index (χ2n) is 4.55. The van der Waals surface area contributed by atoms with Crippen LogP contribution in [0, 0.1) is 0 Å². The van der Waals surface area contributed by atoms with Crippen LogP contribution in [-0.2, 0) is 11.2 Å². The van der Waals surface area contributed by atoms with Gasteiger partial charge in [0.15, 0.2) is 0 Å². The summed E-state index contributed by atoms with van der Waals surface area (Å²) in [5, 5.41) is 9.14. The largest absolute Gasteiger partial charge is 0.480 e. The van der Waals surface area contributed by atoms with E-state index in [1.165, 1.54) is 5.56 Å². The minimum atomic E-state index is -1.05. The number of carbonyl (C=O) groups is 1. The highest BCUT2D eigenvalue weighted by molar-refractivity contribution is 5.78. The normalized spacial score (nSPS) is 14.2. The zero-order chi connectivity index (χ0) is 12.7. The molecule has 0 fully saturated rings. The molecule has 3 N–H and O–H groups in total. The van der Waals surface area contributed by atoms with Gasteiger partial charge in [-0.3, -0.25) is 4.79 Å². The van der Waals surface area contributed by atoms with E-state index in [1.807, 2.05) is 25.1 Å². The van der Waals surface area contributed by atoms with Crippen LogP contribution in [0.3, 0.4) is 0 Å². The van der Waals surface area contributed by atoms with Crippen molar-refractivity contribution in [3.8, 4) is 0 Å². The molecule has 0 aliphatic rings. The summed E-state index contributed by atoms with van der Waals surface area (Å²) in [6.07, 6.45) is 3.57. The minimum absolute atomic E-state index is 0.533. The van der Waals surface area contributed by atoms with Gasteiger partial charge in [-0.2, -0.15) is 0 Å². The van der Waals surface area contributed by atoms with E-state index in [2.05, 4.69) is 12.1 Å². The van der Waals surface area contributed by atoms with Crippen LogP contribution >= 0.6 is 0 Å². The fourth-order valence-electron chi connectivity index (χ4n) is 2.04. The van der Waals surface area contributed by atoms with Crippen LogP contribution in [0.15, 0.2) is 30.3 Å². The predicted molar refractivity (Wildman–Crippen MR) is 68.8 cm³/mol. The van der Waals surface area contributed by atoms with Gasteiger partial charge in [0.25, 0.3) is 0 Å². The lowest BCUT2D eigenvalue weighted by atomic mass is 9.88. The standard InChI is InChI=1S/C14H21NO2/c1-2-10-14(15,13(16)17)11-6-9-12-7-4-3-5-8-12/h3-5,7-8H,2,6,9-11,15H2,1H3,(H,16,17). The molecule has 0 saturated heterocycles. The molecule has 3 heteroatoms. The van der Waals surface area contributed by atoms with Gasteiger partial charge in [-0.25, -0.2) is 0 Å². The first-order chi connectivity index (χ1) is 8.08. The van der Waals surface area contributed by atoms with E-state index in [1.54, 1.807) is 0 Å². The van der Waals surface area contributed by atoms with E-state index in [9.17, 15) is 4.79 Å². The quantitative estimate of drug-likeness (QED) is 0.763.